The van der Waals surface area contributed by atoms with E-state index >= 15 is 0 Å². The SMILES string of the molecule is CN=C(N)NC(C)c1ccc(Cl)cc1Cl.I. The van der Waals surface area contributed by atoms with Crippen LogP contribution in [0.2, 0.25) is 10.0 Å². The average molecular weight is 374 g/mol. The Hall–Kier alpha value is -0.200. The minimum atomic E-state index is -0.00142. The van der Waals surface area contributed by atoms with Gasteiger partial charge < -0.3 is 11.1 Å². The van der Waals surface area contributed by atoms with E-state index < -0.39 is 0 Å². The van der Waals surface area contributed by atoms with Crippen LogP contribution in [-0.2, 0) is 0 Å². The van der Waals surface area contributed by atoms with Gasteiger partial charge in [0.2, 0.25) is 0 Å². The number of aliphatic imine (C=N–C) groups is 1. The number of nitrogens with two attached hydrogens (primary N) is 1. The van der Waals surface area contributed by atoms with Gasteiger partial charge in [-0.15, -0.1) is 24.0 Å². The summed E-state index contributed by atoms with van der Waals surface area (Å²) in [6, 6.07) is 5.36. The van der Waals surface area contributed by atoms with Crippen molar-refractivity contribution in [2.45, 2.75) is 13.0 Å². The Balaban J connectivity index is 0.00000225. The maximum absolute atomic E-state index is 6.05. The van der Waals surface area contributed by atoms with Gasteiger partial charge >= 0.3 is 0 Å². The summed E-state index contributed by atoms with van der Waals surface area (Å²) in [5.41, 5.74) is 6.50. The van der Waals surface area contributed by atoms with E-state index in [9.17, 15) is 0 Å². The van der Waals surface area contributed by atoms with Gasteiger partial charge in [0.15, 0.2) is 5.96 Å². The van der Waals surface area contributed by atoms with E-state index in [4.69, 9.17) is 28.9 Å². The van der Waals surface area contributed by atoms with Gasteiger partial charge in [-0.05, 0) is 24.6 Å². The highest BCUT2D eigenvalue weighted by atomic mass is 127. The van der Waals surface area contributed by atoms with Crippen molar-refractivity contribution in [1.29, 1.82) is 0 Å². The van der Waals surface area contributed by atoms with Gasteiger partial charge in [-0.3, -0.25) is 4.99 Å². The number of guanidine groups is 1. The fourth-order valence-corrected chi connectivity index (χ4v) is 1.79. The molecule has 0 radical (unpaired) electrons. The molecule has 90 valence electrons. The van der Waals surface area contributed by atoms with E-state index in [-0.39, 0.29) is 30.0 Å². The fourth-order valence-electron chi connectivity index (χ4n) is 1.22. The number of benzene rings is 1. The molecule has 0 saturated carbocycles. The zero-order valence-electron chi connectivity index (χ0n) is 9.00. The molecule has 1 unspecified atom stereocenters. The molecule has 0 bridgehead atoms. The Morgan fingerprint density at radius 1 is 1.44 bits per heavy atom. The Bertz CT molecular complexity index is 382. The first-order chi connectivity index (χ1) is 7.04. The van der Waals surface area contributed by atoms with E-state index in [0.29, 0.717) is 16.0 Å². The third-order valence-electron chi connectivity index (χ3n) is 2.03. The Labute approximate surface area is 122 Å². The van der Waals surface area contributed by atoms with E-state index in [0.717, 1.165) is 5.56 Å². The lowest BCUT2D eigenvalue weighted by molar-refractivity contribution is 0.711. The van der Waals surface area contributed by atoms with Crippen LogP contribution < -0.4 is 11.1 Å². The maximum Gasteiger partial charge on any atom is 0.188 e. The zero-order chi connectivity index (χ0) is 11.4. The van der Waals surface area contributed by atoms with Gasteiger partial charge in [0.25, 0.3) is 0 Å². The summed E-state index contributed by atoms with van der Waals surface area (Å²) >= 11 is 11.8. The largest absolute Gasteiger partial charge is 0.370 e. The molecule has 1 rings (SSSR count). The minimum Gasteiger partial charge on any atom is -0.370 e. The average Bonchev–Trinajstić information content (AvgIpc) is 2.17. The lowest BCUT2D eigenvalue weighted by atomic mass is 10.1. The molecule has 0 spiro atoms. The van der Waals surface area contributed by atoms with Crippen LogP contribution in [0.3, 0.4) is 0 Å². The number of rotatable bonds is 2. The van der Waals surface area contributed by atoms with Crippen LogP contribution in [0.1, 0.15) is 18.5 Å². The van der Waals surface area contributed by atoms with Crippen molar-refractivity contribution in [3.05, 3.63) is 33.8 Å². The molecule has 0 aliphatic rings. The van der Waals surface area contributed by atoms with Crippen molar-refractivity contribution in [2.24, 2.45) is 10.7 Å². The summed E-state index contributed by atoms with van der Waals surface area (Å²) in [4.78, 5) is 3.82. The second kappa shape index (κ2) is 7.19. The molecule has 1 aromatic rings. The first-order valence-electron chi connectivity index (χ1n) is 4.48. The quantitative estimate of drug-likeness (QED) is 0.475. The first-order valence-corrected chi connectivity index (χ1v) is 5.24. The highest BCUT2D eigenvalue weighted by Gasteiger charge is 2.09. The number of nitrogens with zero attached hydrogens (tertiary/aromatic N) is 1. The molecule has 0 heterocycles. The molecule has 6 heteroatoms. The van der Waals surface area contributed by atoms with Gasteiger partial charge in [-0.2, -0.15) is 0 Å². The Kier molecular flexibility index (Phi) is 7.10. The van der Waals surface area contributed by atoms with Crippen LogP contribution in [0.5, 0.6) is 0 Å². The molecule has 0 fully saturated rings. The highest BCUT2D eigenvalue weighted by molar-refractivity contribution is 14.0. The van der Waals surface area contributed by atoms with Crippen LogP contribution >= 0.6 is 47.2 Å². The van der Waals surface area contributed by atoms with Crippen LogP contribution in [0.25, 0.3) is 0 Å². The van der Waals surface area contributed by atoms with Gasteiger partial charge in [-0.25, -0.2) is 0 Å². The predicted octanol–water partition coefficient (Wildman–Crippen LogP) is 3.21. The molecular weight excluding hydrogens is 360 g/mol. The lowest BCUT2D eigenvalue weighted by Gasteiger charge is -2.16. The van der Waals surface area contributed by atoms with E-state index in [1.54, 1.807) is 19.2 Å². The molecule has 0 aliphatic carbocycles. The molecule has 0 aliphatic heterocycles. The van der Waals surface area contributed by atoms with Gasteiger partial charge in [0.1, 0.15) is 0 Å². The summed E-state index contributed by atoms with van der Waals surface area (Å²) in [7, 11) is 1.62. The van der Waals surface area contributed by atoms with Crippen LogP contribution in [0.15, 0.2) is 23.2 Å². The van der Waals surface area contributed by atoms with Crippen LogP contribution in [0.4, 0.5) is 0 Å². The third-order valence-corrected chi connectivity index (χ3v) is 2.60. The van der Waals surface area contributed by atoms with E-state index in [1.807, 2.05) is 13.0 Å². The molecule has 0 aromatic heterocycles. The molecule has 3 nitrogen and oxygen atoms in total. The topological polar surface area (TPSA) is 50.4 Å². The zero-order valence-corrected chi connectivity index (χ0v) is 12.8. The van der Waals surface area contributed by atoms with Crippen molar-refractivity contribution in [1.82, 2.24) is 5.32 Å². The highest BCUT2D eigenvalue weighted by Crippen LogP contribution is 2.25. The van der Waals surface area contributed by atoms with Crippen molar-refractivity contribution < 1.29 is 0 Å². The Morgan fingerprint density at radius 3 is 2.56 bits per heavy atom. The first kappa shape index (κ1) is 15.8. The van der Waals surface area contributed by atoms with E-state index in [2.05, 4.69) is 10.3 Å². The molecule has 0 saturated heterocycles. The number of nitrogens with one attached hydrogen (secondary N) is 1. The van der Waals surface area contributed by atoms with Gasteiger partial charge in [-0.1, -0.05) is 29.3 Å². The van der Waals surface area contributed by atoms with Crippen molar-refractivity contribution in [2.75, 3.05) is 7.05 Å². The molecular formula is C10H14Cl2IN3. The number of hydrogen-bond donors (Lipinski definition) is 2. The number of halogens is 3. The Morgan fingerprint density at radius 2 is 2.06 bits per heavy atom. The van der Waals surface area contributed by atoms with Crippen LogP contribution in [-0.4, -0.2) is 13.0 Å². The second-order valence-corrected chi connectivity index (χ2v) is 3.98. The fraction of sp³-hybridized carbons (Fsp3) is 0.300. The molecule has 1 aromatic carbocycles. The van der Waals surface area contributed by atoms with Crippen molar-refractivity contribution in [3.8, 4) is 0 Å². The summed E-state index contributed by atoms with van der Waals surface area (Å²) < 4.78 is 0. The third kappa shape index (κ3) is 4.35. The molecule has 1 atom stereocenters. The lowest BCUT2D eigenvalue weighted by Crippen LogP contribution is -2.33. The molecule has 3 N–H and O–H groups in total. The predicted molar refractivity (Wildman–Crippen MR) is 81.0 cm³/mol. The van der Waals surface area contributed by atoms with Crippen molar-refractivity contribution >= 4 is 53.1 Å². The monoisotopic (exact) mass is 373 g/mol. The standard InChI is InChI=1S/C10H13Cl2N3.HI/c1-6(15-10(13)14-2)8-4-3-7(11)5-9(8)12;/h3-6H,1-2H3,(H3,13,14,15);1H. The molecule has 16 heavy (non-hydrogen) atoms. The normalized spacial score (nSPS) is 12.9. The van der Waals surface area contributed by atoms with Crippen molar-refractivity contribution in [3.63, 3.8) is 0 Å². The van der Waals surface area contributed by atoms with Gasteiger partial charge in [0, 0.05) is 17.1 Å². The smallest absolute Gasteiger partial charge is 0.188 e. The second-order valence-electron chi connectivity index (χ2n) is 3.14. The van der Waals surface area contributed by atoms with Gasteiger partial charge in [0.05, 0.1) is 6.04 Å². The summed E-state index contributed by atoms with van der Waals surface area (Å²) in [5, 5.41) is 4.24. The summed E-state index contributed by atoms with van der Waals surface area (Å²) in [5.74, 6) is 0.383. The number of hydrogen-bond acceptors (Lipinski definition) is 1. The summed E-state index contributed by atoms with van der Waals surface area (Å²) in [6.45, 7) is 1.95. The van der Waals surface area contributed by atoms with E-state index in [1.165, 1.54) is 0 Å². The molecule has 0 amide bonds. The minimum absolute atomic E-state index is 0. The van der Waals surface area contributed by atoms with Crippen LogP contribution in [0, 0.1) is 0 Å². The maximum atomic E-state index is 6.05. The summed E-state index contributed by atoms with van der Waals surface area (Å²) in [6.07, 6.45) is 0.